The number of para-hydroxylation sites is 1. The number of likely N-dealkylation sites (N-methyl/N-ethyl adjacent to an activating group) is 1. The SMILES string of the molecule is C=CCOc1c(C)c2c(c3c1CC1[C@H]4c5c(cc(C)c(OC)c5O)C[C@@H](C(C#N)N1[C@H]3CNC(=O)[C@H](C)NC(=S)Nc1ccccc1)N4C)OOC2. The maximum atomic E-state index is 13.8. The number of phenols is 1. The van der Waals surface area contributed by atoms with E-state index in [1.807, 2.05) is 51.2 Å². The van der Waals surface area contributed by atoms with E-state index in [9.17, 15) is 15.2 Å². The highest BCUT2D eigenvalue weighted by Crippen LogP contribution is 2.57. The lowest BCUT2D eigenvalue weighted by atomic mass is 9.71. The standard InChI is InChI=1S/C39H44N6O6S/c1-7-13-49-36-21(3)26-19-50-51-37(26)32-25(36)16-28-33-31-23(14-20(2)35(48-6)34(31)46)15-27(44(33)5)29(17-40)45(28)30(32)18-41-38(47)22(4)42-39(52)43-24-11-9-8-10-12-24/h7-12,14,22,27-30,33,46H,1,13,15-16,18-19H2,2-6H3,(H,41,47)(H2,42,43,52)/t22-,27-,28?,29?,30-,33-/m0/s1. The molecule has 4 N–H and O–H groups in total. The number of hydrogen-bond donors (Lipinski definition) is 4. The third-order valence-corrected chi connectivity index (χ3v) is 11.2. The van der Waals surface area contributed by atoms with Gasteiger partial charge in [-0.25, -0.2) is 0 Å². The molecule has 4 aliphatic heterocycles. The van der Waals surface area contributed by atoms with E-state index < -0.39 is 18.1 Å². The van der Waals surface area contributed by atoms with Crippen LogP contribution in [0.1, 0.15) is 58.0 Å². The maximum Gasteiger partial charge on any atom is 0.242 e. The molecular weight excluding hydrogens is 681 g/mol. The van der Waals surface area contributed by atoms with E-state index >= 15 is 0 Å². The molecule has 1 saturated heterocycles. The first kappa shape index (κ1) is 35.5. The second-order valence-corrected chi connectivity index (χ2v) is 14.3. The fourth-order valence-corrected chi connectivity index (χ4v) is 8.99. The van der Waals surface area contributed by atoms with Crippen molar-refractivity contribution < 1.29 is 29.1 Å². The average Bonchev–Trinajstić information content (AvgIpc) is 3.62. The molecule has 1 fully saturated rings. The Morgan fingerprint density at radius 1 is 1.19 bits per heavy atom. The van der Waals surface area contributed by atoms with Crippen molar-refractivity contribution in [1.82, 2.24) is 20.4 Å². The van der Waals surface area contributed by atoms with E-state index in [0.717, 1.165) is 44.6 Å². The number of aromatic hydroxyl groups is 1. The van der Waals surface area contributed by atoms with Crippen molar-refractivity contribution in [3.8, 4) is 29.1 Å². The van der Waals surface area contributed by atoms with Crippen molar-refractivity contribution in [3.63, 3.8) is 0 Å². The Balaban J connectivity index is 1.31. The molecule has 2 bridgehead atoms. The number of rotatable bonds is 9. The zero-order chi connectivity index (χ0) is 36.8. The number of carbonyl (C=O) groups is 1. The lowest BCUT2D eigenvalue weighted by Gasteiger charge is -2.60. The highest BCUT2D eigenvalue weighted by Gasteiger charge is 2.56. The summed E-state index contributed by atoms with van der Waals surface area (Å²) in [6.45, 7) is 10.2. The number of benzene rings is 3. The number of ether oxygens (including phenoxy) is 2. The van der Waals surface area contributed by atoms with Crippen molar-refractivity contribution >= 4 is 28.9 Å². The summed E-state index contributed by atoms with van der Waals surface area (Å²) in [5, 5.41) is 32.4. The van der Waals surface area contributed by atoms with Gasteiger partial charge in [-0.2, -0.15) is 10.1 Å². The fourth-order valence-electron chi connectivity index (χ4n) is 8.69. The molecular formula is C39H44N6O6S. The Hall–Kier alpha value is -4.87. The number of fused-ring (bicyclic) bond motifs is 9. The third-order valence-electron chi connectivity index (χ3n) is 11.0. The van der Waals surface area contributed by atoms with Crippen molar-refractivity contribution in [2.75, 3.05) is 32.6 Å². The molecule has 2 unspecified atom stereocenters. The predicted octanol–water partition coefficient (Wildman–Crippen LogP) is 4.67. The summed E-state index contributed by atoms with van der Waals surface area (Å²) in [5.41, 5.74) is 6.96. The van der Waals surface area contributed by atoms with E-state index in [0.29, 0.717) is 35.2 Å². The van der Waals surface area contributed by atoms with Gasteiger partial charge in [-0.3, -0.25) is 14.6 Å². The van der Waals surface area contributed by atoms with E-state index in [-0.39, 0.29) is 49.5 Å². The summed E-state index contributed by atoms with van der Waals surface area (Å²) in [7, 11) is 3.59. The Kier molecular flexibility index (Phi) is 9.75. The Morgan fingerprint density at radius 2 is 1.96 bits per heavy atom. The first-order chi connectivity index (χ1) is 25.1. The number of nitriles is 1. The first-order valence-electron chi connectivity index (χ1n) is 17.5. The second kappa shape index (κ2) is 14.3. The van der Waals surface area contributed by atoms with Crippen LogP contribution in [-0.2, 0) is 29.1 Å². The molecule has 1 amide bonds. The van der Waals surface area contributed by atoms with Gasteiger partial charge in [0.05, 0.1) is 25.3 Å². The molecule has 7 rings (SSSR count). The number of nitrogens with one attached hydrogen (secondary N) is 3. The smallest absolute Gasteiger partial charge is 0.242 e. The molecule has 3 aromatic carbocycles. The van der Waals surface area contributed by atoms with Gasteiger partial charge in [-0.05, 0) is 76.1 Å². The average molecular weight is 725 g/mol. The summed E-state index contributed by atoms with van der Waals surface area (Å²) in [6.07, 6.45) is 2.75. The molecule has 0 aliphatic carbocycles. The van der Waals surface area contributed by atoms with Crippen LogP contribution in [0.2, 0.25) is 0 Å². The number of nitrogens with zero attached hydrogens (tertiary/aromatic N) is 3. The predicted molar refractivity (Wildman–Crippen MR) is 199 cm³/mol. The number of amides is 1. The largest absolute Gasteiger partial charge is 0.504 e. The lowest BCUT2D eigenvalue weighted by molar-refractivity contribution is -0.195. The van der Waals surface area contributed by atoms with Gasteiger partial charge < -0.3 is 35.4 Å². The fraction of sp³-hybridized carbons (Fsp3) is 0.410. The number of carbonyl (C=O) groups excluding carboxylic acids is 1. The highest BCUT2D eigenvalue weighted by atomic mass is 32.1. The van der Waals surface area contributed by atoms with Gasteiger partial charge in [0.2, 0.25) is 5.91 Å². The van der Waals surface area contributed by atoms with Crippen molar-refractivity contribution in [2.45, 2.75) is 76.5 Å². The van der Waals surface area contributed by atoms with Crippen LogP contribution in [-0.4, -0.2) is 77.4 Å². The molecule has 0 saturated carbocycles. The van der Waals surface area contributed by atoms with Crippen molar-refractivity contribution in [1.29, 1.82) is 5.26 Å². The summed E-state index contributed by atoms with van der Waals surface area (Å²) in [4.78, 5) is 29.7. The minimum atomic E-state index is -0.671. The highest BCUT2D eigenvalue weighted by molar-refractivity contribution is 7.80. The van der Waals surface area contributed by atoms with Gasteiger partial charge in [0.1, 0.15) is 31.0 Å². The zero-order valence-corrected chi connectivity index (χ0v) is 30.8. The van der Waals surface area contributed by atoms with E-state index in [2.05, 4.69) is 44.5 Å². The molecule has 272 valence electrons. The molecule has 0 aromatic heterocycles. The van der Waals surface area contributed by atoms with Crippen molar-refractivity contribution in [3.05, 3.63) is 88.0 Å². The number of anilines is 1. The summed E-state index contributed by atoms with van der Waals surface area (Å²) >= 11 is 5.51. The maximum absolute atomic E-state index is 13.8. The van der Waals surface area contributed by atoms with Gasteiger partial charge in [0.15, 0.2) is 22.4 Å². The normalized spacial score (nSPS) is 23.3. The molecule has 12 nitrogen and oxygen atoms in total. The number of hydrogen-bond acceptors (Lipinski definition) is 10. The van der Waals surface area contributed by atoms with Gasteiger partial charge in [0.25, 0.3) is 0 Å². The topological polar surface area (TPSA) is 141 Å². The first-order valence-corrected chi connectivity index (χ1v) is 17.9. The molecule has 6 atom stereocenters. The molecule has 0 radical (unpaired) electrons. The van der Waals surface area contributed by atoms with Crippen LogP contribution < -0.4 is 30.3 Å². The molecule has 13 heteroatoms. The number of phenolic OH excluding ortho intramolecular Hbond substituents is 1. The van der Waals surface area contributed by atoms with Crippen LogP contribution in [0.3, 0.4) is 0 Å². The minimum Gasteiger partial charge on any atom is -0.504 e. The Labute approximate surface area is 309 Å². The molecule has 52 heavy (non-hydrogen) atoms. The molecule has 4 aliphatic rings. The van der Waals surface area contributed by atoms with Crippen LogP contribution in [0.25, 0.3) is 0 Å². The quantitative estimate of drug-likeness (QED) is 0.139. The van der Waals surface area contributed by atoms with E-state index in [4.69, 9.17) is 31.5 Å². The number of thiocarbonyl (C=S) groups is 1. The second-order valence-electron chi connectivity index (χ2n) is 13.9. The van der Waals surface area contributed by atoms with Gasteiger partial charge in [-0.15, -0.1) is 0 Å². The summed E-state index contributed by atoms with van der Waals surface area (Å²) < 4.78 is 12.1. The van der Waals surface area contributed by atoms with Gasteiger partial charge >= 0.3 is 0 Å². The van der Waals surface area contributed by atoms with Crippen LogP contribution in [0.4, 0.5) is 5.69 Å². The van der Waals surface area contributed by atoms with Crippen LogP contribution in [0, 0.1) is 25.2 Å². The van der Waals surface area contributed by atoms with Gasteiger partial charge in [-0.1, -0.05) is 36.9 Å². The Bertz CT molecular complexity index is 1970. The number of aryl methyl sites for hydroxylation is 1. The number of piperazine rings is 1. The van der Waals surface area contributed by atoms with Crippen LogP contribution >= 0.6 is 12.2 Å². The Morgan fingerprint density at radius 3 is 2.67 bits per heavy atom. The van der Waals surface area contributed by atoms with Crippen LogP contribution in [0.5, 0.6) is 23.0 Å². The summed E-state index contributed by atoms with van der Waals surface area (Å²) in [6, 6.07) is 11.7. The van der Waals surface area contributed by atoms with Crippen molar-refractivity contribution in [2.24, 2.45) is 0 Å². The van der Waals surface area contributed by atoms with E-state index in [1.165, 1.54) is 0 Å². The van der Waals surface area contributed by atoms with E-state index in [1.54, 1.807) is 20.1 Å². The lowest BCUT2D eigenvalue weighted by Crippen LogP contribution is -2.69. The van der Waals surface area contributed by atoms with Crippen LogP contribution in [0.15, 0.2) is 49.1 Å². The third kappa shape index (κ3) is 5.89. The monoisotopic (exact) mass is 724 g/mol. The summed E-state index contributed by atoms with van der Waals surface area (Å²) in [5.74, 6) is 1.60. The minimum absolute atomic E-state index is 0.115. The van der Waals surface area contributed by atoms with Gasteiger partial charge in [0, 0.05) is 52.1 Å². The number of methoxy groups -OCH3 is 1. The molecule has 3 aromatic rings. The molecule has 0 spiro atoms. The molecule has 4 heterocycles. The zero-order valence-electron chi connectivity index (χ0n) is 30.0.